The van der Waals surface area contributed by atoms with Gasteiger partial charge in [0.2, 0.25) is 0 Å². The lowest BCUT2D eigenvalue weighted by molar-refractivity contribution is 0.241. The second-order valence-corrected chi connectivity index (χ2v) is 7.18. The lowest BCUT2D eigenvalue weighted by atomic mass is 10.3. The highest BCUT2D eigenvalue weighted by Gasteiger charge is 2.20. The van der Waals surface area contributed by atoms with Crippen molar-refractivity contribution < 1.29 is 0 Å². The zero-order valence-corrected chi connectivity index (χ0v) is 16.1. The summed E-state index contributed by atoms with van der Waals surface area (Å²) < 4.78 is 3.50. The summed E-state index contributed by atoms with van der Waals surface area (Å²) in [6.07, 6.45) is 0. The van der Waals surface area contributed by atoms with Crippen molar-refractivity contribution in [1.82, 2.24) is 29.3 Å². The van der Waals surface area contributed by atoms with Crippen molar-refractivity contribution in [1.29, 1.82) is 0 Å². The molecule has 0 aliphatic carbocycles. The number of aromatic nitrogens is 5. The fourth-order valence-electron chi connectivity index (χ4n) is 3.57. The van der Waals surface area contributed by atoms with Gasteiger partial charge in [-0.05, 0) is 26.8 Å². The first-order valence-electron chi connectivity index (χ1n) is 9.36. The average Bonchev–Trinajstić information content (AvgIpc) is 3.02. The van der Waals surface area contributed by atoms with Crippen molar-refractivity contribution >= 4 is 11.5 Å². The number of fused-ring (bicyclic) bond motifs is 1. The Balaban J connectivity index is 1.42. The van der Waals surface area contributed by atoms with Gasteiger partial charge in [-0.2, -0.15) is 14.7 Å². The highest BCUT2D eigenvalue weighted by molar-refractivity contribution is 5.52. The van der Waals surface area contributed by atoms with Gasteiger partial charge >= 0.3 is 0 Å². The highest BCUT2D eigenvalue weighted by Crippen LogP contribution is 2.19. The van der Waals surface area contributed by atoms with Crippen LogP contribution in [0.3, 0.4) is 0 Å². The number of nitrogens with zero attached hydrogens (tertiary/aromatic N) is 7. The molecule has 1 aliphatic heterocycles. The van der Waals surface area contributed by atoms with Crippen LogP contribution in [0.1, 0.15) is 17.1 Å². The monoisotopic (exact) mass is 367 g/mol. The normalized spacial score (nSPS) is 15.6. The van der Waals surface area contributed by atoms with Gasteiger partial charge in [0.1, 0.15) is 5.82 Å². The van der Waals surface area contributed by atoms with Crippen LogP contribution in [0.15, 0.2) is 29.1 Å². The molecule has 142 valence electrons. The summed E-state index contributed by atoms with van der Waals surface area (Å²) in [6.45, 7) is 11.1. The largest absolute Gasteiger partial charge is 0.354 e. The molecule has 1 aliphatic rings. The van der Waals surface area contributed by atoms with Crippen molar-refractivity contribution in [3.63, 3.8) is 0 Å². The van der Waals surface area contributed by atoms with Crippen molar-refractivity contribution in [2.24, 2.45) is 0 Å². The van der Waals surface area contributed by atoms with Gasteiger partial charge in [-0.3, -0.25) is 9.69 Å². The molecule has 1 fully saturated rings. The Morgan fingerprint density at radius 1 is 0.889 bits per heavy atom. The van der Waals surface area contributed by atoms with Crippen molar-refractivity contribution in [3.8, 4) is 0 Å². The number of hydrogen-bond acceptors (Lipinski definition) is 6. The molecule has 8 heteroatoms. The quantitative estimate of drug-likeness (QED) is 0.686. The third-order valence-corrected chi connectivity index (χ3v) is 4.98. The smallest absolute Gasteiger partial charge is 0.266 e. The van der Waals surface area contributed by atoms with E-state index in [-0.39, 0.29) is 5.56 Å². The Morgan fingerprint density at radius 3 is 2.44 bits per heavy atom. The molecule has 4 heterocycles. The van der Waals surface area contributed by atoms with E-state index in [1.165, 1.54) is 0 Å². The molecule has 0 atom stereocenters. The minimum atomic E-state index is -0.0389. The zero-order valence-electron chi connectivity index (χ0n) is 16.1. The lowest BCUT2D eigenvalue weighted by Gasteiger charge is -2.36. The van der Waals surface area contributed by atoms with Gasteiger partial charge < -0.3 is 4.90 Å². The summed E-state index contributed by atoms with van der Waals surface area (Å²) in [7, 11) is 0. The molecule has 0 spiro atoms. The maximum atomic E-state index is 11.9. The number of piperazine rings is 1. The molecule has 0 unspecified atom stereocenters. The van der Waals surface area contributed by atoms with E-state index in [1.54, 1.807) is 16.8 Å². The topological polar surface area (TPSA) is 71.6 Å². The Bertz CT molecular complexity index is 1010. The number of anilines is 1. The summed E-state index contributed by atoms with van der Waals surface area (Å²) in [6, 6.07) is 7.46. The highest BCUT2D eigenvalue weighted by atomic mass is 16.1. The fourth-order valence-corrected chi connectivity index (χ4v) is 3.57. The molecule has 0 bridgehead atoms. The molecule has 1 saturated heterocycles. The van der Waals surface area contributed by atoms with E-state index in [2.05, 4.69) is 31.0 Å². The third kappa shape index (κ3) is 3.71. The number of aryl methyl sites for hydroxylation is 3. The van der Waals surface area contributed by atoms with E-state index in [0.717, 1.165) is 61.3 Å². The predicted octanol–water partition coefficient (Wildman–Crippen LogP) is 1.03. The van der Waals surface area contributed by atoms with Gasteiger partial charge in [-0.1, -0.05) is 0 Å². The third-order valence-electron chi connectivity index (χ3n) is 4.98. The van der Waals surface area contributed by atoms with Gasteiger partial charge in [0, 0.05) is 56.6 Å². The lowest BCUT2D eigenvalue weighted by Crippen LogP contribution is -2.48. The molecule has 3 aromatic heterocycles. The van der Waals surface area contributed by atoms with Crippen LogP contribution in [0.5, 0.6) is 0 Å². The van der Waals surface area contributed by atoms with Crippen LogP contribution in [-0.2, 0) is 6.54 Å². The predicted molar refractivity (Wildman–Crippen MR) is 104 cm³/mol. The number of rotatable bonds is 4. The van der Waals surface area contributed by atoms with E-state index in [1.807, 2.05) is 31.4 Å². The molecular weight excluding hydrogens is 342 g/mol. The van der Waals surface area contributed by atoms with Gasteiger partial charge in [-0.25, -0.2) is 9.67 Å². The van der Waals surface area contributed by atoms with E-state index in [0.29, 0.717) is 6.54 Å². The molecule has 27 heavy (non-hydrogen) atoms. The standard InChI is InChI=1S/C19H25N7O/c1-14-4-5-19(27)25(21-14)11-8-23-6-9-24(10-7-23)18-13-15(2)20-17-12-16(3)22-26(17)18/h4-5,12-13H,6-11H2,1-3H3. The van der Waals surface area contributed by atoms with Crippen molar-refractivity contribution in [3.05, 3.63) is 51.7 Å². The Morgan fingerprint density at radius 2 is 1.67 bits per heavy atom. The Labute approximate surface area is 158 Å². The van der Waals surface area contributed by atoms with Gasteiger partial charge in [0.05, 0.1) is 17.9 Å². The minimum Gasteiger partial charge on any atom is -0.354 e. The maximum Gasteiger partial charge on any atom is 0.266 e. The van der Waals surface area contributed by atoms with E-state index in [4.69, 9.17) is 0 Å². The first-order chi connectivity index (χ1) is 13.0. The molecule has 0 amide bonds. The first kappa shape index (κ1) is 17.7. The molecule has 0 aromatic carbocycles. The van der Waals surface area contributed by atoms with Crippen molar-refractivity contribution in [2.75, 3.05) is 37.6 Å². The molecule has 8 nitrogen and oxygen atoms in total. The molecule has 3 aromatic rings. The summed E-state index contributed by atoms with van der Waals surface area (Å²) in [4.78, 5) is 21.2. The van der Waals surface area contributed by atoms with Crippen LogP contribution < -0.4 is 10.5 Å². The molecule has 4 rings (SSSR count). The van der Waals surface area contributed by atoms with Gasteiger partial charge in [0.25, 0.3) is 5.56 Å². The van der Waals surface area contributed by atoms with Crippen LogP contribution in [0, 0.1) is 20.8 Å². The number of hydrogen-bond donors (Lipinski definition) is 0. The zero-order chi connectivity index (χ0) is 19.0. The SMILES string of the molecule is Cc1cc(N2CCN(CCn3nc(C)ccc3=O)CC2)n2nc(C)cc2n1. The van der Waals surface area contributed by atoms with Crippen LogP contribution in [0.2, 0.25) is 0 Å². The maximum absolute atomic E-state index is 11.9. The average molecular weight is 367 g/mol. The van der Waals surface area contributed by atoms with Gasteiger partial charge in [0.15, 0.2) is 5.65 Å². The second-order valence-electron chi connectivity index (χ2n) is 7.18. The molecule has 0 radical (unpaired) electrons. The summed E-state index contributed by atoms with van der Waals surface area (Å²) >= 11 is 0. The van der Waals surface area contributed by atoms with Crippen LogP contribution in [0.25, 0.3) is 5.65 Å². The Hall–Kier alpha value is -2.74. The van der Waals surface area contributed by atoms with E-state index < -0.39 is 0 Å². The first-order valence-corrected chi connectivity index (χ1v) is 9.36. The summed E-state index contributed by atoms with van der Waals surface area (Å²) in [5, 5.41) is 8.91. The van der Waals surface area contributed by atoms with Crippen LogP contribution >= 0.6 is 0 Å². The van der Waals surface area contributed by atoms with Crippen LogP contribution in [-0.4, -0.2) is 62.0 Å². The summed E-state index contributed by atoms with van der Waals surface area (Å²) in [5.41, 5.74) is 3.71. The molecular formula is C19H25N7O. The van der Waals surface area contributed by atoms with E-state index >= 15 is 0 Å². The second kappa shape index (κ2) is 7.11. The van der Waals surface area contributed by atoms with Gasteiger partial charge in [-0.15, -0.1) is 0 Å². The fraction of sp³-hybridized carbons (Fsp3) is 0.474. The minimum absolute atomic E-state index is 0.0389. The van der Waals surface area contributed by atoms with Crippen molar-refractivity contribution in [2.45, 2.75) is 27.3 Å². The Kier molecular flexibility index (Phi) is 4.65. The molecule has 0 N–H and O–H groups in total. The van der Waals surface area contributed by atoms with Crippen LogP contribution in [0.4, 0.5) is 5.82 Å². The summed E-state index contributed by atoms with van der Waals surface area (Å²) in [5.74, 6) is 1.10. The van der Waals surface area contributed by atoms with E-state index in [9.17, 15) is 4.79 Å². The molecule has 0 saturated carbocycles.